The van der Waals surface area contributed by atoms with Gasteiger partial charge in [0, 0.05) is 18.0 Å². The molecule has 0 radical (unpaired) electrons. The van der Waals surface area contributed by atoms with Gasteiger partial charge in [0.15, 0.2) is 5.58 Å². The summed E-state index contributed by atoms with van der Waals surface area (Å²) in [5.41, 5.74) is 3.10. The molecular formula is C17H10N4O2S. The van der Waals surface area contributed by atoms with Crippen molar-refractivity contribution >= 4 is 43.9 Å². The normalized spacial score (nSPS) is 11.7. The summed E-state index contributed by atoms with van der Waals surface area (Å²) in [4.78, 5) is 18.2. The zero-order valence-electron chi connectivity index (χ0n) is 12.2. The summed E-state index contributed by atoms with van der Waals surface area (Å²) in [6.45, 7) is 0. The number of aromatic nitrogens is 2. The van der Waals surface area contributed by atoms with Crippen molar-refractivity contribution in [2.75, 3.05) is 5.32 Å². The predicted octanol–water partition coefficient (Wildman–Crippen LogP) is 3.71. The van der Waals surface area contributed by atoms with Crippen molar-refractivity contribution in [3.05, 3.63) is 64.2 Å². The minimum absolute atomic E-state index is 0.437. The van der Waals surface area contributed by atoms with E-state index in [1.165, 1.54) is 11.3 Å². The van der Waals surface area contributed by atoms with Crippen LogP contribution < -0.4 is 11.1 Å². The highest BCUT2D eigenvalue weighted by atomic mass is 32.1. The maximum atomic E-state index is 11.2. The van der Waals surface area contributed by atoms with Crippen LogP contribution in [-0.4, -0.2) is 9.97 Å². The molecule has 7 heteroatoms. The van der Waals surface area contributed by atoms with Crippen LogP contribution in [0.2, 0.25) is 0 Å². The number of anilines is 1. The van der Waals surface area contributed by atoms with Gasteiger partial charge < -0.3 is 9.73 Å². The van der Waals surface area contributed by atoms with Crippen molar-refractivity contribution in [3.63, 3.8) is 0 Å². The monoisotopic (exact) mass is 334 g/mol. The Morgan fingerprint density at radius 3 is 3.04 bits per heavy atom. The lowest BCUT2D eigenvalue weighted by Gasteiger charge is -2.00. The van der Waals surface area contributed by atoms with Crippen LogP contribution in [0.4, 0.5) is 5.69 Å². The molecule has 2 aromatic carbocycles. The van der Waals surface area contributed by atoms with Gasteiger partial charge in [-0.05, 0) is 24.3 Å². The number of nitrogens with zero attached hydrogens (tertiary/aromatic N) is 2. The third-order valence-electron chi connectivity index (χ3n) is 3.45. The molecule has 0 aliphatic rings. The number of rotatable bonds is 3. The SMILES string of the molecule is N#CC(=CNc1ccc2[nH]c(=O)oc2c1)c1nc2ccccc2s1. The van der Waals surface area contributed by atoms with Crippen molar-refractivity contribution < 1.29 is 4.42 Å². The van der Waals surface area contributed by atoms with E-state index in [-0.39, 0.29) is 0 Å². The summed E-state index contributed by atoms with van der Waals surface area (Å²) in [6, 6.07) is 15.1. The molecule has 6 nitrogen and oxygen atoms in total. The van der Waals surface area contributed by atoms with Gasteiger partial charge in [0.05, 0.1) is 15.7 Å². The standard InChI is InChI=1S/C17H10N4O2S/c18-8-10(16-20-13-3-1-2-4-15(13)24-16)9-19-11-5-6-12-14(7-11)23-17(22)21-12/h1-7,9,19H,(H,21,22). The molecule has 4 rings (SSSR count). The minimum Gasteiger partial charge on any atom is -0.408 e. The lowest BCUT2D eigenvalue weighted by Crippen LogP contribution is -1.92. The second-order valence-corrected chi connectivity index (χ2v) is 6.06. The third-order valence-corrected chi connectivity index (χ3v) is 4.52. The molecule has 0 saturated carbocycles. The molecule has 0 fully saturated rings. The maximum Gasteiger partial charge on any atom is 0.417 e. The lowest BCUT2D eigenvalue weighted by molar-refractivity contribution is 0.555. The number of hydrogen-bond donors (Lipinski definition) is 2. The van der Waals surface area contributed by atoms with Gasteiger partial charge in [-0.2, -0.15) is 5.26 Å². The number of aromatic amines is 1. The number of hydrogen-bond acceptors (Lipinski definition) is 6. The van der Waals surface area contributed by atoms with E-state index in [0.717, 1.165) is 10.2 Å². The van der Waals surface area contributed by atoms with Crippen LogP contribution in [0.1, 0.15) is 5.01 Å². The molecule has 24 heavy (non-hydrogen) atoms. The average Bonchev–Trinajstić information content (AvgIpc) is 3.17. The largest absolute Gasteiger partial charge is 0.417 e. The van der Waals surface area contributed by atoms with E-state index in [9.17, 15) is 10.1 Å². The first-order chi connectivity index (χ1) is 11.7. The molecule has 0 amide bonds. The molecule has 4 aromatic rings. The van der Waals surface area contributed by atoms with Crippen molar-refractivity contribution in [1.29, 1.82) is 5.26 Å². The fourth-order valence-corrected chi connectivity index (χ4v) is 3.25. The van der Waals surface area contributed by atoms with Crippen LogP contribution in [0.3, 0.4) is 0 Å². The topological polar surface area (TPSA) is 94.7 Å². The van der Waals surface area contributed by atoms with Gasteiger partial charge in [0.25, 0.3) is 0 Å². The first kappa shape index (κ1) is 14.2. The molecular weight excluding hydrogens is 324 g/mol. The first-order valence-electron chi connectivity index (χ1n) is 7.08. The number of para-hydroxylation sites is 1. The highest BCUT2D eigenvalue weighted by Crippen LogP contribution is 2.27. The number of fused-ring (bicyclic) bond motifs is 2. The van der Waals surface area contributed by atoms with Gasteiger partial charge in [-0.25, -0.2) is 9.78 Å². The summed E-state index contributed by atoms with van der Waals surface area (Å²) in [5, 5.41) is 13.1. The summed E-state index contributed by atoms with van der Waals surface area (Å²) in [5.74, 6) is -0.495. The fourth-order valence-electron chi connectivity index (χ4n) is 2.32. The Morgan fingerprint density at radius 1 is 1.33 bits per heavy atom. The molecule has 0 spiro atoms. The van der Waals surface area contributed by atoms with E-state index in [2.05, 4.69) is 21.4 Å². The van der Waals surface area contributed by atoms with Gasteiger partial charge in [-0.1, -0.05) is 12.1 Å². The van der Waals surface area contributed by atoms with Gasteiger partial charge in [-0.3, -0.25) is 4.98 Å². The molecule has 2 aromatic heterocycles. The highest BCUT2D eigenvalue weighted by Gasteiger charge is 2.08. The van der Waals surface area contributed by atoms with Gasteiger partial charge >= 0.3 is 5.76 Å². The molecule has 2 N–H and O–H groups in total. The Hall–Kier alpha value is -3.37. The van der Waals surface area contributed by atoms with Gasteiger partial charge in [0.2, 0.25) is 0 Å². The van der Waals surface area contributed by atoms with Crippen molar-refractivity contribution in [2.24, 2.45) is 0 Å². The first-order valence-corrected chi connectivity index (χ1v) is 7.90. The highest BCUT2D eigenvalue weighted by molar-refractivity contribution is 7.19. The van der Waals surface area contributed by atoms with Crippen LogP contribution >= 0.6 is 11.3 Å². The number of nitriles is 1. The Labute approximate surface area is 139 Å². The minimum atomic E-state index is -0.495. The summed E-state index contributed by atoms with van der Waals surface area (Å²) >= 11 is 1.46. The molecule has 0 atom stereocenters. The number of allylic oxidation sites excluding steroid dienone is 1. The Balaban J connectivity index is 1.66. The van der Waals surface area contributed by atoms with Crippen LogP contribution in [0.25, 0.3) is 26.9 Å². The van der Waals surface area contributed by atoms with Gasteiger partial charge in [0.1, 0.15) is 16.6 Å². The number of oxazole rings is 1. The van der Waals surface area contributed by atoms with Crippen LogP contribution in [0, 0.1) is 11.3 Å². The smallest absolute Gasteiger partial charge is 0.408 e. The number of benzene rings is 2. The summed E-state index contributed by atoms with van der Waals surface area (Å²) < 4.78 is 6.05. The average molecular weight is 334 g/mol. The number of H-pyrrole nitrogens is 1. The second-order valence-electron chi connectivity index (χ2n) is 5.03. The number of thiazole rings is 1. The molecule has 0 unspecified atom stereocenters. The maximum absolute atomic E-state index is 11.2. The van der Waals surface area contributed by atoms with E-state index in [1.54, 1.807) is 24.4 Å². The second kappa shape index (κ2) is 5.68. The zero-order valence-corrected chi connectivity index (χ0v) is 13.1. The van der Waals surface area contributed by atoms with Crippen molar-refractivity contribution in [3.8, 4) is 6.07 Å². The zero-order chi connectivity index (χ0) is 16.5. The van der Waals surface area contributed by atoms with E-state index < -0.39 is 5.76 Å². The number of nitrogens with one attached hydrogen (secondary N) is 2. The molecule has 0 aliphatic carbocycles. The Kier molecular flexibility index (Phi) is 3.37. The predicted molar refractivity (Wildman–Crippen MR) is 93.7 cm³/mol. The van der Waals surface area contributed by atoms with Crippen molar-refractivity contribution in [1.82, 2.24) is 9.97 Å². The van der Waals surface area contributed by atoms with E-state index in [4.69, 9.17) is 4.42 Å². The summed E-state index contributed by atoms with van der Waals surface area (Å²) in [6.07, 6.45) is 1.60. The Bertz CT molecular complexity index is 1140. The quantitative estimate of drug-likeness (QED) is 0.557. The van der Waals surface area contributed by atoms with Gasteiger partial charge in [-0.15, -0.1) is 11.3 Å². The molecule has 2 heterocycles. The lowest BCUT2D eigenvalue weighted by atomic mass is 10.2. The Morgan fingerprint density at radius 2 is 2.21 bits per heavy atom. The van der Waals surface area contributed by atoms with Crippen LogP contribution in [0.15, 0.2) is 57.9 Å². The van der Waals surface area contributed by atoms with E-state index in [0.29, 0.717) is 27.4 Å². The third kappa shape index (κ3) is 2.55. The van der Waals surface area contributed by atoms with E-state index >= 15 is 0 Å². The molecule has 116 valence electrons. The molecule has 0 saturated heterocycles. The molecule has 0 bridgehead atoms. The van der Waals surface area contributed by atoms with E-state index in [1.807, 2.05) is 24.3 Å². The van der Waals surface area contributed by atoms with Crippen LogP contribution in [-0.2, 0) is 0 Å². The summed E-state index contributed by atoms with van der Waals surface area (Å²) in [7, 11) is 0. The van der Waals surface area contributed by atoms with Crippen LogP contribution in [0.5, 0.6) is 0 Å². The fraction of sp³-hybridized carbons (Fsp3) is 0. The van der Waals surface area contributed by atoms with Crippen molar-refractivity contribution in [2.45, 2.75) is 0 Å². The molecule has 0 aliphatic heterocycles.